The Morgan fingerprint density at radius 2 is 1.86 bits per heavy atom. The fourth-order valence-electron chi connectivity index (χ4n) is 3.32. The molecule has 1 aliphatic heterocycles. The van der Waals surface area contributed by atoms with E-state index in [-0.39, 0.29) is 29.4 Å². The molecule has 3 N–H and O–H groups in total. The first-order valence-corrected chi connectivity index (χ1v) is 8.74. The summed E-state index contributed by atoms with van der Waals surface area (Å²) in [5, 5.41) is 30.5. The van der Waals surface area contributed by atoms with Gasteiger partial charge in [-0.3, -0.25) is 9.59 Å². The standard InChI is InChI=1S/C21H21NO6/c1-12(23)11-22-18(14-8-9-15(24)16(10-14)28-2)17(20(26)21(22)27)19(25)13-6-4-3-5-7-13/h3-10,12,18,23-25H,11H2,1-2H3/b19-17+. The van der Waals surface area contributed by atoms with Crippen molar-refractivity contribution in [3.05, 3.63) is 65.2 Å². The summed E-state index contributed by atoms with van der Waals surface area (Å²) in [4.78, 5) is 26.6. The molecule has 2 atom stereocenters. The van der Waals surface area contributed by atoms with E-state index >= 15 is 0 Å². The number of benzene rings is 2. The average molecular weight is 383 g/mol. The SMILES string of the molecule is COc1cc(C2/C(=C(\O)c3ccccc3)C(=O)C(=O)N2CC(C)O)ccc1O. The second-order valence-electron chi connectivity index (χ2n) is 6.60. The van der Waals surface area contributed by atoms with Gasteiger partial charge in [0.05, 0.1) is 24.8 Å². The number of nitrogens with zero attached hydrogens (tertiary/aromatic N) is 1. The van der Waals surface area contributed by atoms with E-state index in [0.717, 1.165) is 0 Å². The van der Waals surface area contributed by atoms with Crippen molar-refractivity contribution in [3.63, 3.8) is 0 Å². The average Bonchev–Trinajstić information content (AvgIpc) is 2.93. The van der Waals surface area contributed by atoms with Crippen LogP contribution in [0.3, 0.4) is 0 Å². The number of carbonyl (C=O) groups excluding carboxylic acids is 2. The highest BCUT2D eigenvalue weighted by atomic mass is 16.5. The molecule has 7 heteroatoms. The number of amides is 1. The highest BCUT2D eigenvalue weighted by Gasteiger charge is 2.46. The van der Waals surface area contributed by atoms with Gasteiger partial charge in [0.15, 0.2) is 11.5 Å². The third-order valence-electron chi connectivity index (χ3n) is 4.57. The van der Waals surface area contributed by atoms with Gasteiger partial charge in [-0.05, 0) is 24.6 Å². The zero-order valence-corrected chi connectivity index (χ0v) is 15.5. The number of aliphatic hydroxyl groups excluding tert-OH is 2. The molecule has 2 aromatic rings. The third kappa shape index (κ3) is 3.44. The summed E-state index contributed by atoms with van der Waals surface area (Å²) < 4.78 is 5.13. The number of ether oxygens (including phenoxy) is 1. The molecular formula is C21H21NO6. The number of carbonyl (C=O) groups is 2. The minimum Gasteiger partial charge on any atom is -0.507 e. The second-order valence-corrected chi connectivity index (χ2v) is 6.60. The Morgan fingerprint density at radius 1 is 1.18 bits per heavy atom. The van der Waals surface area contributed by atoms with E-state index < -0.39 is 23.8 Å². The quantitative estimate of drug-likeness (QED) is 0.415. The van der Waals surface area contributed by atoms with Gasteiger partial charge in [-0.2, -0.15) is 0 Å². The zero-order valence-electron chi connectivity index (χ0n) is 15.5. The molecule has 0 saturated carbocycles. The molecule has 1 fully saturated rings. The van der Waals surface area contributed by atoms with Gasteiger partial charge < -0.3 is 25.0 Å². The largest absolute Gasteiger partial charge is 0.507 e. The molecule has 0 aliphatic carbocycles. The minimum absolute atomic E-state index is 0.0791. The topological polar surface area (TPSA) is 107 Å². The van der Waals surface area contributed by atoms with Crippen molar-refractivity contribution in [2.24, 2.45) is 0 Å². The van der Waals surface area contributed by atoms with Crippen molar-refractivity contribution in [3.8, 4) is 11.5 Å². The normalized spacial score (nSPS) is 19.7. The Labute approximate surface area is 162 Å². The summed E-state index contributed by atoms with van der Waals surface area (Å²) >= 11 is 0. The highest BCUT2D eigenvalue weighted by molar-refractivity contribution is 6.46. The Bertz CT molecular complexity index is 935. The fourth-order valence-corrected chi connectivity index (χ4v) is 3.32. The smallest absolute Gasteiger partial charge is 0.295 e. The number of hydrogen-bond acceptors (Lipinski definition) is 6. The van der Waals surface area contributed by atoms with Gasteiger partial charge in [-0.1, -0.05) is 36.4 Å². The van der Waals surface area contributed by atoms with Crippen LogP contribution in [0.15, 0.2) is 54.1 Å². The summed E-state index contributed by atoms with van der Waals surface area (Å²) in [6, 6.07) is 12.0. The van der Waals surface area contributed by atoms with Crippen LogP contribution in [0.4, 0.5) is 0 Å². The Balaban J connectivity index is 2.21. The van der Waals surface area contributed by atoms with Crippen molar-refractivity contribution in [2.75, 3.05) is 13.7 Å². The number of rotatable bonds is 5. The van der Waals surface area contributed by atoms with Crippen LogP contribution in [0, 0.1) is 0 Å². The van der Waals surface area contributed by atoms with Crippen molar-refractivity contribution in [1.29, 1.82) is 0 Å². The number of likely N-dealkylation sites (tertiary alicyclic amines) is 1. The molecule has 2 unspecified atom stereocenters. The molecule has 2 aromatic carbocycles. The second kappa shape index (κ2) is 7.74. The zero-order chi connectivity index (χ0) is 20.4. The highest BCUT2D eigenvalue weighted by Crippen LogP contribution is 2.41. The van der Waals surface area contributed by atoms with E-state index in [4.69, 9.17) is 4.74 Å². The number of phenols is 1. The number of β-amino-alcohol motifs (C(OH)–C–C–N with tert-alkyl or cyclic N) is 1. The number of phenolic OH excluding ortho intramolecular Hbond substituents is 1. The van der Waals surface area contributed by atoms with Crippen molar-refractivity contribution < 1.29 is 29.6 Å². The Kier molecular flexibility index (Phi) is 5.37. The molecule has 0 aromatic heterocycles. The van der Waals surface area contributed by atoms with Gasteiger partial charge >= 0.3 is 0 Å². The van der Waals surface area contributed by atoms with Crippen LogP contribution < -0.4 is 4.74 Å². The molecule has 3 rings (SSSR count). The molecule has 0 radical (unpaired) electrons. The maximum atomic E-state index is 12.7. The van der Waals surface area contributed by atoms with Crippen LogP contribution in [0.25, 0.3) is 5.76 Å². The van der Waals surface area contributed by atoms with E-state index in [1.807, 2.05) is 0 Å². The first-order chi connectivity index (χ1) is 13.3. The lowest BCUT2D eigenvalue weighted by Crippen LogP contribution is -2.35. The van der Waals surface area contributed by atoms with Gasteiger partial charge in [0.25, 0.3) is 11.7 Å². The number of ketones is 1. The summed E-state index contributed by atoms with van der Waals surface area (Å²) in [5.41, 5.74) is 0.782. The minimum atomic E-state index is -0.927. The van der Waals surface area contributed by atoms with Gasteiger partial charge in [0.2, 0.25) is 0 Å². The molecule has 7 nitrogen and oxygen atoms in total. The maximum absolute atomic E-state index is 12.7. The first kappa shape index (κ1) is 19.4. The van der Waals surface area contributed by atoms with E-state index in [0.29, 0.717) is 11.1 Å². The van der Waals surface area contributed by atoms with Gasteiger partial charge in [-0.25, -0.2) is 0 Å². The molecule has 1 saturated heterocycles. The number of aliphatic hydroxyl groups is 2. The number of hydrogen-bond donors (Lipinski definition) is 3. The summed E-state index contributed by atoms with van der Waals surface area (Å²) in [6.07, 6.45) is -0.878. The van der Waals surface area contributed by atoms with Crippen LogP contribution in [0.2, 0.25) is 0 Å². The van der Waals surface area contributed by atoms with Crippen molar-refractivity contribution in [1.82, 2.24) is 4.90 Å². The molecule has 0 spiro atoms. The maximum Gasteiger partial charge on any atom is 0.295 e. The summed E-state index contributed by atoms with van der Waals surface area (Å²) in [6.45, 7) is 1.41. The van der Waals surface area contributed by atoms with Crippen LogP contribution in [0.1, 0.15) is 24.1 Å². The van der Waals surface area contributed by atoms with Crippen molar-refractivity contribution in [2.45, 2.75) is 19.1 Å². The van der Waals surface area contributed by atoms with E-state index in [2.05, 4.69) is 0 Å². The lowest BCUT2D eigenvalue weighted by Gasteiger charge is -2.26. The molecule has 146 valence electrons. The first-order valence-electron chi connectivity index (χ1n) is 8.74. The number of aromatic hydroxyl groups is 1. The predicted molar refractivity (Wildman–Crippen MR) is 102 cm³/mol. The van der Waals surface area contributed by atoms with Crippen molar-refractivity contribution >= 4 is 17.4 Å². The molecule has 1 aliphatic rings. The van der Waals surface area contributed by atoms with E-state index in [1.54, 1.807) is 36.4 Å². The predicted octanol–water partition coefficient (Wildman–Crippen LogP) is 2.20. The third-order valence-corrected chi connectivity index (χ3v) is 4.57. The monoisotopic (exact) mass is 383 g/mol. The van der Waals surface area contributed by atoms with E-state index in [1.165, 1.54) is 31.1 Å². The van der Waals surface area contributed by atoms with Gasteiger partial charge in [-0.15, -0.1) is 0 Å². The molecule has 28 heavy (non-hydrogen) atoms. The molecule has 1 heterocycles. The molecular weight excluding hydrogens is 362 g/mol. The number of Topliss-reactive ketones (excluding diaryl/α,β-unsaturated/α-hetero) is 1. The summed E-state index contributed by atoms with van der Waals surface area (Å²) in [7, 11) is 1.38. The van der Waals surface area contributed by atoms with Crippen LogP contribution in [-0.2, 0) is 9.59 Å². The number of methoxy groups -OCH3 is 1. The van der Waals surface area contributed by atoms with E-state index in [9.17, 15) is 24.9 Å². The molecule has 1 amide bonds. The molecule has 0 bridgehead atoms. The Morgan fingerprint density at radius 3 is 2.46 bits per heavy atom. The van der Waals surface area contributed by atoms with Crippen LogP contribution in [0.5, 0.6) is 11.5 Å². The lowest BCUT2D eigenvalue weighted by atomic mass is 9.95. The van der Waals surface area contributed by atoms with Crippen LogP contribution >= 0.6 is 0 Å². The fraction of sp³-hybridized carbons (Fsp3) is 0.238. The van der Waals surface area contributed by atoms with Gasteiger partial charge in [0.1, 0.15) is 5.76 Å². The van der Waals surface area contributed by atoms with Gasteiger partial charge in [0, 0.05) is 12.1 Å². The summed E-state index contributed by atoms with van der Waals surface area (Å²) in [5.74, 6) is -1.87. The van der Waals surface area contributed by atoms with Crippen LogP contribution in [-0.4, -0.2) is 51.7 Å². The Hall–Kier alpha value is -3.32. The lowest BCUT2D eigenvalue weighted by molar-refractivity contribution is -0.140.